The number of aromatic hydroxyl groups is 1. The minimum absolute atomic E-state index is 0.293. The van der Waals surface area contributed by atoms with Crippen molar-refractivity contribution in [3.05, 3.63) is 82.2 Å². The normalized spacial score (nSPS) is 12.2. The van der Waals surface area contributed by atoms with Crippen LogP contribution in [0, 0.1) is 0 Å². The maximum atomic E-state index is 9.63. The van der Waals surface area contributed by atoms with Crippen molar-refractivity contribution in [2.75, 3.05) is 19.6 Å². The van der Waals surface area contributed by atoms with E-state index in [0.717, 1.165) is 43.2 Å². The molecule has 0 spiro atoms. The second-order valence-electron chi connectivity index (χ2n) is 7.87. The van der Waals surface area contributed by atoms with Gasteiger partial charge < -0.3 is 20.3 Å². The number of phenolic OH excluding ortho intramolecular Hbond substituents is 1. The fraction of sp³-hybridized carbons (Fsp3) is 0.269. The number of phenols is 1. The first-order chi connectivity index (χ1) is 15.6. The van der Waals surface area contributed by atoms with Crippen LogP contribution < -0.4 is 5.73 Å². The molecule has 3 N–H and O–H groups in total. The van der Waals surface area contributed by atoms with Crippen LogP contribution in [0.15, 0.2) is 71.0 Å². The first kappa shape index (κ1) is 22.1. The third-order valence-corrected chi connectivity index (χ3v) is 6.74. The zero-order valence-corrected chi connectivity index (χ0v) is 19.5. The first-order valence-corrected chi connectivity index (χ1v) is 12.0. The molecule has 0 aliphatic heterocycles. The summed E-state index contributed by atoms with van der Waals surface area (Å²) in [6, 6.07) is 20.0. The number of aromatic nitrogens is 1. The number of benzene rings is 2. The van der Waals surface area contributed by atoms with E-state index in [4.69, 9.17) is 5.73 Å². The van der Waals surface area contributed by atoms with Gasteiger partial charge in [0.2, 0.25) is 0 Å². The molecular formula is C26H30N4OS. The van der Waals surface area contributed by atoms with Gasteiger partial charge in [0.1, 0.15) is 11.6 Å². The molecule has 0 bridgehead atoms. The molecule has 4 rings (SSSR count). The van der Waals surface area contributed by atoms with Crippen LogP contribution >= 0.6 is 11.3 Å². The summed E-state index contributed by atoms with van der Waals surface area (Å²) < 4.78 is 2.41. The lowest BCUT2D eigenvalue weighted by molar-refractivity contribution is 0.291. The molecule has 5 nitrogen and oxygen atoms in total. The number of thiophene rings is 1. The summed E-state index contributed by atoms with van der Waals surface area (Å²) in [4.78, 5) is 8.07. The first-order valence-electron chi connectivity index (χ1n) is 11.1. The standard InChI is InChI=1S/C26H30N4OS/c1-3-29(4-2)13-14-30-22(16-19-7-10-23(31)11-8-19)18-20-17-21(9-12-24(20)30)28-26(27)25-6-5-15-32-25/h5-12,15,17-18,31H,3-4,13-14,16H2,1-2H3,(H2,27,28). The van der Waals surface area contributed by atoms with Crippen molar-refractivity contribution < 1.29 is 5.11 Å². The summed E-state index contributed by atoms with van der Waals surface area (Å²) in [5, 5.41) is 12.8. The lowest BCUT2D eigenvalue weighted by atomic mass is 10.1. The largest absolute Gasteiger partial charge is 0.508 e. The SMILES string of the molecule is CCN(CC)CCn1c(Cc2ccc(O)cc2)cc2cc(N=C(N)c3cccs3)ccc21. The van der Waals surface area contributed by atoms with Crippen molar-refractivity contribution >= 4 is 33.8 Å². The minimum Gasteiger partial charge on any atom is -0.508 e. The minimum atomic E-state index is 0.293. The van der Waals surface area contributed by atoms with Gasteiger partial charge in [0.05, 0.1) is 10.6 Å². The molecule has 0 aliphatic rings. The van der Waals surface area contributed by atoms with Gasteiger partial charge in [-0.1, -0.05) is 32.0 Å². The Morgan fingerprint density at radius 1 is 1.06 bits per heavy atom. The van der Waals surface area contributed by atoms with Gasteiger partial charge in [-0.25, -0.2) is 4.99 Å². The summed E-state index contributed by atoms with van der Waals surface area (Å²) >= 11 is 1.59. The number of hydrogen-bond donors (Lipinski definition) is 2. The van der Waals surface area contributed by atoms with Crippen molar-refractivity contribution in [1.29, 1.82) is 0 Å². The highest BCUT2D eigenvalue weighted by atomic mass is 32.1. The Morgan fingerprint density at radius 3 is 2.53 bits per heavy atom. The van der Waals surface area contributed by atoms with Gasteiger partial charge in [-0.2, -0.15) is 0 Å². The van der Waals surface area contributed by atoms with E-state index in [0.29, 0.717) is 11.6 Å². The third kappa shape index (κ3) is 5.03. The number of amidine groups is 1. The van der Waals surface area contributed by atoms with Crippen LogP contribution in [0.2, 0.25) is 0 Å². The number of hydrogen-bond acceptors (Lipinski definition) is 4. The summed E-state index contributed by atoms with van der Waals surface area (Å²) in [7, 11) is 0. The average molecular weight is 447 g/mol. The fourth-order valence-electron chi connectivity index (χ4n) is 4.02. The molecule has 0 radical (unpaired) electrons. The number of nitrogens with zero attached hydrogens (tertiary/aromatic N) is 3. The maximum absolute atomic E-state index is 9.63. The average Bonchev–Trinajstić information content (AvgIpc) is 3.44. The van der Waals surface area contributed by atoms with E-state index < -0.39 is 0 Å². The Hall–Kier alpha value is -3.09. The smallest absolute Gasteiger partial charge is 0.141 e. The second kappa shape index (κ2) is 10.0. The highest BCUT2D eigenvalue weighted by Crippen LogP contribution is 2.27. The van der Waals surface area contributed by atoms with Crippen LogP contribution in [-0.4, -0.2) is 40.0 Å². The molecule has 6 heteroatoms. The zero-order valence-electron chi connectivity index (χ0n) is 18.7. The predicted molar refractivity (Wildman–Crippen MR) is 135 cm³/mol. The van der Waals surface area contributed by atoms with E-state index in [9.17, 15) is 5.11 Å². The molecule has 166 valence electrons. The molecule has 2 heterocycles. The summed E-state index contributed by atoms with van der Waals surface area (Å²) in [6.07, 6.45) is 0.809. The Bertz CT molecular complexity index is 1190. The van der Waals surface area contributed by atoms with Crippen molar-refractivity contribution in [2.45, 2.75) is 26.8 Å². The number of aliphatic imine (C=N–C) groups is 1. The van der Waals surface area contributed by atoms with Crippen molar-refractivity contribution in [2.24, 2.45) is 10.7 Å². The molecule has 0 atom stereocenters. The summed E-state index contributed by atoms with van der Waals surface area (Å²) in [5.41, 5.74) is 10.7. The molecule has 0 fully saturated rings. The van der Waals surface area contributed by atoms with Crippen LogP contribution in [0.3, 0.4) is 0 Å². The van der Waals surface area contributed by atoms with Crippen molar-refractivity contribution in [3.8, 4) is 5.75 Å². The third-order valence-electron chi connectivity index (χ3n) is 5.85. The Kier molecular flexibility index (Phi) is 6.93. The van der Waals surface area contributed by atoms with E-state index in [2.05, 4.69) is 46.5 Å². The lowest BCUT2D eigenvalue weighted by Crippen LogP contribution is -2.27. The van der Waals surface area contributed by atoms with Crippen LogP contribution in [-0.2, 0) is 13.0 Å². The Labute approximate surface area is 193 Å². The molecule has 0 saturated carbocycles. The quantitative estimate of drug-likeness (QED) is 0.268. The summed E-state index contributed by atoms with van der Waals surface area (Å²) in [6.45, 7) is 8.44. The van der Waals surface area contributed by atoms with Gasteiger partial charge in [-0.3, -0.25) is 0 Å². The number of nitrogens with two attached hydrogens (primary N) is 1. The van der Waals surface area contributed by atoms with Crippen LogP contribution in [0.25, 0.3) is 10.9 Å². The molecule has 0 unspecified atom stereocenters. The molecule has 0 saturated heterocycles. The van der Waals surface area contributed by atoms with Gasteiger partial charge in [0.25, 0.3) is 0 Å². The zero-order chi connectivity index (χ0) is 22.5. The number of likely N-dealkylation sites (N-methyl/N-ethyl adjacent to an activating group) is 1. The van der Waals surface area contributed by atoms with E-state index in [-0.39, 0.29) is 0 Å². The van der Waals surface area contributed by atoms with Crippen molar-refractivity contribution in [3.63, 3.8) is 0 Å². The molecular weight excluding hydrogens is 416 g/mol. The van der Waals surface area contributed by atoms with E-state index in [1.54, 1.807) is 23.5 Å². The number of rotatable bonds is 9. The topological polar surface area (TPSA) is 66.8 Å². The summed E-state index contributed by atoms with van der Waals surface area (Å²) in [5.74, 6) is 0.839. The molecule has 2 aromatic heterocycles. The molecule has 2 aromatic carbocycles. The molecule has 32 heavy (non-hydrogen) atoms. The van der Waals surface area contributed by atoms with Gasteiger partial charge in [0, 0.05) is 36.1 Å². The Balaban J connectivity index is 1.69. The Morgan fingerprint density at radius 2 is 1.84 bits per heavy atom. The highest BCUT2D eigenvalue weighted by molar-refractivity contribution is 7.12. The van der Waals surface area contributed by atoms with Gasteiger partial charge in [-0.05, 0) is 66.5 Å². The highest BCUT2D eigenvalue weighted by Gasteiger charge is 2.12. The molecule has 4 aromatic rings. The molecule has 0 amide bonds. The fourth-order valence-corrected chi connectivity index (χ4v) is 4.65. The predicted octanol–water partition coefficient (Wildman–Crippen LogP) is 5.38. The van der Waals surface area contributed by atoms with Gasteiger partial charge >= 0.3 is 0 Å². The van der Waals surface area contributed by atoms with E-state index >= 15 is 0 Å². The lowest BCUT2D eigenvalue weighted by Gasteiger charge is -2.20. The molecule has 0 aliphatic carbocycles. The van der Waals surface area contributed by atoms with Gasteiger partial charge in [0.15, 0.2) is 0 Å². The number of fused-ring (bicyclic) bond motifs is 1. The van der Waals surface area contributed by atoms with Crippen LogP contribution in [0.5, 0.6) is 5.75 Å². The van der Waals surface area contributed by atoms with Gasteiger partial charge in [-0.15, -0.1) is 11.3 Å². The monoisotopic (exact) mass is 446 g/mol. The second-order valence-corrected chi connectivity index (χ2v) is 8.82. The van der Waals surface area contributed by atoms with E-state index in [1.807, 2.05) is 35.7 Å². The van der Waals surface area contributed by atoms with Crippen LogP contribution in [0.1, 0.15) is 30.0 Å². The van der Waals surface area contributed by atoms with Crippen LogP contribution in [0.4, 0.5) is 5.69 Å². The maximum Gasteiger partial charge on any atom is 0.141 e. The van der Waals surface area contributed by atoms with Crippen molar-refractivity contribution in [1.82, 2.24) is 9.47 Å². The van der Waals surface area contributed by atoms with E-state index in [1.165, 1.54) is 22.2 Å².